The topological polar surface area (TPSA) is 75.6 Å². The summed E-state index contributed by atoms with van der Waals surface area (Å²) in [6, 6.07) is 56.7. The van der Waals surface area contributed by atoms with Gasteiger partial charge in [0.15, 0.2) is 0 Å². The predicted octanol–water partition coefficient (Wildman–Crippen LogP) is 9.20. The van der Waals surface area contributed by atoms with E-state index in [1.807, 2.05) is 49.1 Å². The number of anilines is 4. The molecule has 0 fully saturated rings. The van der Waals surface area contributed by atoms with Gasteiger partial charge in [-0.05, 0) is 99.2 Å². The van der Waals surface area contributed by atoms with Crippen LogP contribution in [0.25, 0.3) is 43.6 Å². The number of nitrogens with one attached hydrogen (secondary N) is 2. The average molecular weight is 755 g/mol. The summed E-state index contributed by atoms with van der Waals surface area (Å²) in [6.07, 6.45) is 7.53. The molecule has 10 aromatic rings. The van der Waals surface area contributed by atoms with Crippen molar-refractivity contribution in [2.24, 2.45) is 0 Å². The lowest BCUT2D eigenvalue weighted by atomic mass is 10.1. The average Bonchev–Trinajstić information content (AvgIpc) is 3.25. The van der Waals surface area contributed by atoms with Crippen molar-refractivity contribution in [3.05, 3.63) is 183 Å². The molecule has 1 aliphatic heterocycles. The van der Waals surface area contributed by atoms with Crippen LogP contribution >= 0.6 is 15.8 Å². The lowest BCUT2D eigenvalue weighted by Gasteiger charge is -2.30. The van der Waals surface area contributed by atoms with E-state index in [1.54, 1.807) is 0 Å². The van der Waals surface area contributed by atoms with Gasteiger partial charge in [0.2, 0.25) is 0 Å². The van der Waals surface area contributed by atoms with Gasteiger partial charge in [0.25, 0.3) is 0 Å². The number of benzene rings is 6. The summed E-state index contributed by atoms with van der Waals surface area (Å²) in [5.74, 6) is 0. The van der Waals surface area contributed by atoms with Crippen LogP contribution in [-0.2, 0) is 0 Å². The van der Waals surface area contributed by atoms with E-state index in [4.69, 9.17) is 19.9 Å². The standard InChI is InChI=1S/C48H32N6P2/c1-3-15-35(16-4-1)55-45-27-37-31(11-7-19-49-37)23-41(45)53-43-25-33-13-9-21-51-39(33)29-47(43)56(36-17-5-2-6-18-36)48-30-40-34(14-10-22-52-40)26-44(48)54-42-24-32-12-8-20-50-38(32)28-46(42)55/h1-30,53-54H. The molecule has 5 heterocycles. The van der Waals surface area contributed by atoms with Crippen molar-refractivity contribution in [1.82, 2.24) is 19.9 Å². The first-order chi connectivity index (χ1) is 27.7. The number of hydrogen-bond donors (Lipinski definition) is 2. The molecule has 0 atom stereocenters. The summed E-state index contributed by atoms with van der Waals surface area (Å²) in [7, 11) is -2.33. The highest BCUT2D eigenvalue weighted by molar-refractivity contribution is 7.81. The summed E-state index contributed by atoms with van der Waals surface area (Å²) in [4.78, 5) is 19.6. The first-order valence-electron chi connectivity index (χ1n) is 18.5. The molecule has 0 radical (unpaired) electrons. The Balaban J connectivity index is 1.31. The fraction of sp³-hybridized carbons (Fsp3) is 0. The Hall–Kier alpha value is -6.58. The van der Waals surface area contributed by atoms with Crippen LogP contribution in [0.4, 0.5) is 22.7 Å². The Morgan fingerprint density at radius 3 is 0.875 bits per heavy atom. The molecular weight excluding hydrogens is 723 g/mol. The van der Waals surface area contributed by atoms with Crippen LogP contribution < -0.4 is 42.5 Å². The first-order valence-corrected chi connectivity index (χ1v) is 21.2. The third kappa shape index (κ3) is 5.74. The highest BCUT2D eigenvalue weighted by Crippen LogP contribution is 2.46. The van der Waals surface area contributed by atoms with Crippen LogP contribution in [0.2, 0.25) is 0 Å². The summed E-state index contributed by atoms with van der Waals surface area (Å²) in [5, 5.41) is 19.7. The molecule has 11 rings (SSSR count). The Morgan fingerprint density at radius 1 is 0.304 bits per heavy atom. The van der Waals surface area contributed by atoms with E-state index in [0.29, 0.717) is 0 Å². The van der Waals surface area contributed by atoms with Gasteiger partial charge in [0.1, 0.15) is 0 Å². The second-order valence-corrected chi connectivity index (χ2v) is 18.2. The van der Waals surface area contributed by atoms with Crippen molar-refractivity contribution in [3.63, 3.8) is 0 Å². The van der Waals surface area contributed by atoms with Crippen LogP contribution in [0.3, 0.4) is 0 Å². The Bertz CT molecular complexity index is 2740. The minimum Gasteiger partial charge on any atom is -0.354 e. The predicted molar refractivity (Wildman–Crippen MR) is 238 cm³/mol. The second kappa shape index (κ2) is 13.6. The molecule has 2 N–H and O–H groups in total. The van der Waals surface area contributed by atoms with Crippen molar-refractivity contribution in [2.75, 3.05) is 10.6 Å². The molecule has 264 valence electrons. The van der Waals surface area contributed by atoms with Gasteiger partial charge in [-0.2, -0.15) is 0 Å². The van der Waals surface area contributed by atoms with Crippen LogP contribution in [0.15, 0.2) is 183 Å². The van der Waals surface area contributed by atoms with Gasteiger partial charge < -0.3 is 10.6 Å². The summed E-state index contributed by atoms with van der Waals surface area (Å²) < 4.78 is 0. The van der Waals surface area contributed by atoms with Gasteiger partial charge >= 0.3 is 0 Å². The van der Waals surface area contributed by atoms with Crippen molar-refractivity contribution in [1.29, 1.82) is 0 Å². The lowest BCUT2D eigenvalue weighted by molar-refractivity contribution is 1.41. The van der Waals surface area contributed by atoms with E-state index < -0.39 is 15.8 Å². The van der Waals surface area contributed by atoms with Gasteiger partial charge in [-0.3, -0.25) is 19.9 Å². The number of fused-ring (bicyclic) bond motifs is 8. The smallest absolute Gasteiger partial charge is 0.0710 e. The summed E-state index contributed by atoms with van der Waals surface area (Å²) >= 11 is 0. The fourth-order valence-electron chi connectivity index (χ4n) is 7.84. The number of rotatable bonds is 2. The van der Waals surface area contributed by atoms with E-state index in [-0.39, 0.29) is 0 Å². The quantitative estimate of drug-likeness (QED) is 0.172. The minimum absolute atomic E-state index is 0.954. The van der Waals surface area contributed by atoms with Crippen LogP contribution in [0.1, 0.15) is 0 Å². The van der Waals surface area contributed by atoms with E-state index >= 15 is 0 Å². The van der Waals surface area contributed by atoms with Crippen LogP contribution in [-0.4, -0.2) is 19.9 Å². The van der Waals surface area contributed by atoms with Crippen molar-refractivity contribution >= 4 is 114 Å². The summed E-state index contributed by atoms with van der Waals surface area (Å²) in [6.45, 7) is 0. The molecule has 4 aromatic heterocycles. The minimum atomic E-state index is -1.16. The SMILES string of the molecule is c1ccc(P2c3cc4ncccc4cc3Nc3cc4cccnc4cc3P(c3ccccc3)c3cc4ncccc4cc3Nc3cc4cccnc4cc32)cc1. The van der Waals surface area contributed by atoms with Crippen LogP contribution in [0, 0.1) is 0 Å². The van der Waals surface area contributed by atoms with Crippen molar-refractivity contribution in [2.45, 2.75) is 0 Å². The zero-order valence-corrected chi connectivity index (χ0v) is 31.8. The molecule has 0 saturated carbocycles. The molecule has 0 saturated heterocycles. The highest BCUT2D eigenvalue weighted by atomic mass is 31.1. The van der Waals surface area contributed by atoms with Gasteiger partial charge in [0, 0.05) is 90.3 Å². The molecule has 8 heteroatoms. The van der Waals surface area contributed by atoms with Gasteiger partial charge in [0.05, 0.1) is 22.1 Å². The third-order valence-corrected chi connectivity index (χ3v) is 15.4. The second-order valence-electron chi connectivity index (χ2n) is 13.9. The molecule has 0 spiro atoms. The maximum atomic E-state index is 4.89. The maximum absolute atomic E-state index is 4.89. The van der Waals surface area contributed by atoms with Crippen LogP contribution in [0.5, 0.6) is 0 Å². The van der Waals surface area contributed by atoms with Gasteiger partial charge in [-0.1, -0.05) is 84.9 Å². The normalized spacial score (nSPS) is 15.1. The zero-order valence-electron chi connectivity index (χ0n) is 30.0. The largest absolute Gasteiger partial charge is 0.354 e. The Morgan fingerprint density at radius 2 is 0.589 bits per heavy atom. The van der Waals surface area contributed by atoms with E-state index in [0.717, 1.165) is 66.4 Å². The molecule has 6 aromatic carbocycles. The lowest BCUT2D eigenvalue weighted by Crippen LogP contribution is -2.29. The Kier molecular flexibility index (Phi) is 7.98. The fourth-order valence-corrected chi connectivity index (χ4v) is 12.9. The zero-order chi connectivity index (χ0) is 37.0. The molecule has 6 nitrogen and oxygen atoms in total. The highest BCUT2D eigenvalue weighted by Gasteiger charge is 2.29. The third-order valence-electron chi connectivity index (χ3n) is 10.4. The van der Waals surface area contributed by atoms with E-state index in [9.17, 15) is 0 Å². The first kappa shape index (κ1) is 32.8. The molecule has 0 aliphatic carbocycles. The van der Waals surface area contributed by atoms with Gasteiger partial charge in [-0.25, -0.2) is 0 Å². The number of nitrogens with zero attached hydrogens (tertiary/aromatic N) is 4. The number of aromatic nitrogens is 4. The van der Waals surface area contributed by atoms with E-state index in [1.165, 1.54) is 31.8 Å². The number of pyridine rings is 4. The maximum Gasteiger partial charge on any atom is 0.0710 e. The van der Waals surface area contributed by atoms with Crippen molar-refractivity contribution < 1.29 is 0 Å². The van der Waals surface area contributed by atoms with E-state index in [2.05, 4.69) is 144 Å². The Labute approximate surface area is 325 Å². The molecule has 0 amide bonds. The molecule has 1 aliphatic rings. The molecule has 0 bridgehead atoms. The number of hydrogen-bond acceptors (Lipinski definition) is 6. The summed E-state index contributed by atoms with van der Waals surface area (Å²) in [5.41, 5.74) is 7.99. The molecule has 56 heavy (non-hydrogen) atoms. The van der Waals surface area contributed by atoms with Crippen molar-refractivity contribution in [3.8, 4) is 0 Å². The molecule has 0 unspecified atom stereocenters. The monoisotopic (exact) mass is 754 g/mol. The molecular formula is C48H32N6P2. The van der Waals surface area contributed by atoms with Gasteiger partial charge in [-0.15, -0.1) is 0 Å².